The van der Waals surface area contributed by atoms with Crippen LogP contribution >= 0.6 is 11.6 Å². The minimum atomic E-state index is -4.08. The van der Waals surface area contributed by atoms with Gasteiger partial charge in [0, 0.05) is 23.1 Å². The first-order chi connectivity index (χ1) is 16.2. The van der Waals surface area contributed by atoms with Crippen LogP contribution in [0.15, 0.2) is 78.1 Å². The number of halogens is 2. The van der Waals surface area contributed by atoms with E-state index in [2.05, 4.69) is 14.7 Å². The molecule has 8 nitrogen and oxygen atoms in total. The Kier molecular flexibility index (Phi) is 5.18. The highest BCUT2D eigenvalue weighted by molar-refractivity contribution is 7.92. The van der Waals surface area contributed by atoms with Crippen molar-refractivity contribution in [1.82, 2.24) is 14.5 Å². The Morgan fingerprint density at radius 3 is 2.65 bits per heavy atom. The van der Waals surface area contributed by atoms with Crippen molar-refractivity contribution in [2.24, 2.45) is 0 Å². The number of carbonyl (C=O) groups is 1. The number of nitrogen functional groups attached to an aromatic ring is 1. The van der Waals surface area contributed by atoms with Gasteiger partial charge in [-0.2, -0.15) is 0 Å². The summed E-state index contributed by atoms with van der Waals surface area (Å²) in [5.41, 5.74) is 8.02. The smallest absolute Gasteiger partial charge is 0.261 e. The van der Waals surface area contributed by atoms with Gasteiger partial charge in [0.05, 0.1) is 20.9 Å². The van der Waals surface area contributed by atoms with Crippen molar-refractivity contribution in [3.05, 3.63) is 95.2 Å². The zero-order valence-electron chi connectivity index (χ0n) is 17.2. The number of nitrogens with two attached hydrogens (primary N) is 1. The molecular formula is C23H15ClFN5O3S. The number of anilines is 2. The van der Waals surface area contributed by atoms with E-state index < -0.39 is 15.8 Å². The number of sulfonamides is 1. The van der Waals surface area contributed by atoms with Gasteiger partial charge in [0.25, 0.3) is 10.0 Å². The fraction of sp³-hybridized carbons (Fsp3) is 0. The maximum absolute atomic E-state index is 13.4. The van der Waals surface area contributed by atoms with Crippen LogP contribution in [0.5, 0.6) is 0 Å². The van der Waals surface area contributed by atoms with Crippen LogP contribution in [0, 0.1) is 5.82 Å². The lowest BCUT2D eigenvalue weighted by Gasteiger charge is -2.10. The number of allylic oxidation sites excluding steroid dienone is 4. The van der Waals surface area contributed by atoms with Crippen LogP contribution < -0.4 is 10.5 Å². The lowest BCUT2D eigenvalue weighted by atomic mass is 10.0. The molecule has 0 fully saturated rings. The second-order valence-electron chi connectivity index (χ2n) is 7.41. The standard InChI is InChI=1S/C23H15ClFN5O3S/c24-18-10-16(7-8-19(18)25)34(32,33)29-14-4-1-3-13(9-14)21(31)17-11-30(15-5-2-6-15)23-20(17)22(26)27-12-28-23/h1-12,29H,(H2,26,27,28). The van der Waals surface area contributed by atoms with Crippen molar-refractivity contribution >= 4 is 55.6 Å². The average Bonchev–Trinajstić information content (AvgIpc) is 3.14. The summed E-state index contributed by atoms with van der Waals surface area (Å²) in [5, 5.41) is 0.0834. The van der Waals surface area contributed by atoms with Crippen molar-refractivity contribution < 1.29 is 17.6 Å². The molecule has 0 unspecified atom stereocenters. The second-order valence-corrected chi connectivity index (χ2v) is 9.50. The SMILES string of the molecule is Nc1ncnc2c1c(C(=O)c1cccc(NS(=O)(=O)c3ccc(F)c(Cl)c3)c1)cn2C1=CC=C1. The van der Waals surface area contributed by atoms with Gasteiger partial charge in [0.15, 0.2) is 11.4 Å². The number of carbonyl (C=O) groups excluding carboxylic acids is 1. The molecule has 0 spiro atoms. The number of benzene rings is 2. The Hall–Kier alpha value is -4.02. The first kappa shape index (κ1) is 21.8. The van der Waals surface area contributed by atoms with Gasteiger partial charge in [0.1, 0.15) is 18.0 Å². The van der Waals surface area contributed by atoms with E-state index in [1.54, 1.807) is 22.9 Å². The molecule has 4 aromatic rings. The van der Waals surface area contributed by atoms with Crippen molar-refractivity contribution in [3.8, 4) is 0 Å². The normalized spacial score (nSPS) is 12.9. The van der Waals surface area contributed by atoms with Crippen LogP contribution in [0.3, 0.4) is 0 Å². The molecule has 5 rings (SSSR count). The summed E-state index contributed by atoms with van der Waals surface area (Å²) < 4.78 is 43.0. The van der Waals surface area contributed by atoms with Gasteiger partial charge in [-0.3, -0.25) is 9.52 Å². The molecular weight excluding hydrogens is 481 g/mol. The molecule has 0 saturated heterocycles. The van der Waals surface area contributed by atoms with Crippen LogP contribution in [-0.2, 0) is 10.0 Å². The highest BCUT2D eigenvalue weighted by Gasteiger charge is 2.23. The number of rotatable bonds is 6. The molecule has 0 amide bonds. The summed E-state index contributed by atoms with van der Waals surface area (Å²) in [7, 11) is -4.08. The minimum absolute atomic E-state index is 0.142. The summed E-state index contributed by atoms with van der Waals surface area (Å²) in [4.78, 5) is 21.5. The summed E-state index contributed by atoms with van der Waals surface area (Å²) >= 11 is 5.71. The van der Waals surface area contributed by atoms with E-state index in [1.165, 1.54) is 18.5 Å². The maximum atomic E-state index is 13.4. The van der Waals surface area contributed by atoms with E-state index in [0.29, 0.717) is 11.0 Å². The van der Waals surface area contributed by atoms with E-state index in [0.717, 1.165) is 23.9 Å². The van der Waals surface area contributed by atoms with E-state index in [4.69, 9.17) is 17.3 Å². The molecule has 170 valence electrons. The molecule has 3 N–H and O–H groups in total. The second kappa shape index (κ2) is 8.08. The van der Waals surface area contributed by atoms with Crippen LogP contribution in [0.25, 0.3) is 16.7 Å². The number of fused-ring (bicyclic) bond motifs is 1. The Morgan fingerprint density at radius 2 is 1.94 bits per heavy atom. The third-order valence-corrected chi connectivity index (χ3v) is 6.92. The Balaban J connectivity index is 1.51. The predicted octanol–water partition coefficient (Wildman–Crippen LogP) is 4.25. The number of hydrogen-bond donors (Lipinski definition) is 2. The maximum Gasteiger partial charge on any atom is 0.261 e. The lowest BCUT2D eigenvalue weighted by Crippen LogP contribution is -2.13. The number of ketones is 1. The summed E-state index contributed by atoms with van der Waals surface area (Å²) in [6, 6.07) is 9.06. The molecule has 2 aromatic carbocycles. The molecule has 0 atom stereocenters. The van der Waals surface area contributed by atoms with E-state index >= 15 is 0 Å². The Bertz CT molecular complexity index is 1660. The zero-order valence-corrected chi connectivity index (χ0v) is 18.8. The quantitative estimate of drug-likeness (QED) is 0.386. The molecule has 0 bridgehead atoms. The van der Waals surface area contributed by atoms with Crippen molar-refractivity contribution in [3.63, 3.8) is 0 Å². The first-order valence-electron chi connectivity index (χ1n) is 9.87. The first-order valence-corrected chi connectivity index (χ1v) is 11.7. The average molecular weight is 496 g/mol. The number of nitrogens with one attached hydrogen (secondary N) is 1. The van der Waals surface area contributed by atoms with Crippen molar-refractivity contribution in [2.75, 3.05) is 10.5 Å². The van der Waals surface area contributed by atoms with Gasteiger partial charge >= 0.3 is 0 Å². The van der Waals surface area contributed by atoms with E-state index in [1.807, 2.05) is 18.2 Å². The highest BCUT2D eigenvalue weighted by Crippen LogP contribution is 2.31. The van der Waals surface area contributed by atoms with Crippen LogP contribution in [0.1, 0.15) is 15.9 Å². The number of nitrogens with zero attached hydrogens (tertiary/aromatic N) is 3. The molecule has 0 saturated carbocycles. The topological polar surface area (TPSA) is 120 Å². The fourth-order valence-electron chi connectivity index (χ4n) is 3.53. The van der Waals surface area contributed by atoms with Crippen LogP contribution in [-0.4, -0.2) is 28.7 Å². The van der Waals surface area contributed by atoms with Gasteiger partial charge in [0.2, 0.25) is 0 Å². The van der Waals surface area contributed by atoms with Crippen molar-refractivity contribution in [2.45, 2.75) is 4.90 Å². The van der Waals surface area contributed by atoms with Gasteiger partial charge in [-0.25, -0.2) is 22.8 Å². The Labute approximate surface area is 198 Å². The largest absolute Gasteiger partial charge is 0.383 e. The van der Waals surface area contributed by atoms with Gasteiger partial charge in [-0.1, -0.05) is 29.8 Å². The fourth-order valence-corrected chi connectivity index (χ4v) is 4.86. The molecule has 2 heterocycles. The van der Waals surface area contributed by atoms with Gasteiger partial charge in [-0.05, 0) is 42.5 Å². The third-order valence-electron chi connectivity index (χ3n) is 5.25. The number of hydrogen-bond acceptors (Lipinski definition) is 6. The number of aromatic nitrogens is 3. The lowest BCUT2D eigenvalue weighted by molar-refractivity contribution is 0.104. The van der Waals surface area contributed by atoms with Crippen molar-refractivity contribution in [1.29, 1.82) is 0 Å². The molecule has 11 heteroatoms. The highest BCUT2D eigenvalue weighted by atomic mass is 35.5. The molecule has 0 aliphatic heterocycles. The van der Waals surface area contributed by atoms with E-state index in [-0.39, 0.29) is 38.3 Å². The molecule has 1 aliphatic carbocycles. The Morgan fingerprint density at radius 1 is 1.15 bits per heavy atom. The summed E-state index contributed by atoms with van der Waals surface area (Å²) in [6.45, 7) is 0. The monoisotopic (exact) mass is 495 g/mol. The zero-order chi connectivity index (χ0) is 24.0. The van der Waals surface area contributed by atoms with E-state index in [9.17, 15) is 17.6 Å². The molecule has 34 heavy (non-hydrogen) atoms. The van der Waals surface area contributed by atoms with Crippen LogP contribution in [0.4, 0.5) is 15.9 Å². The van der Waals surface area contributed by atoms with Gasteiger partial charge in [-0.15, -0.1) is 0 Å². The molecule has 1 aliphatic rings. The molecule has 0 radical (unpaired) electrons. The predicted molar refractivity (Wildman–Crippen MR) is 127 cm³/mol. The summed E-state index contributed by atoms with van der Waals surface area (Å²) in [5.74, 6) is -0.968. The van der Waals surface area contributed by atoms with Crippen LogP contribution in [0.2, 0.25) is 5.02 Å². The minimum Gasteiger partial charge on any atom is -0.383 e. The summed E-state index contributed by atoms with van der Waals surface area (Å²) in [6.07, 6.45) is 8.54. The molecule has 2 aromatic heterocycles. The third kappa shape index (κ3) is 3.72. The van der Waals surface area contributed by atoms with Gasteiger partial charge < -0.3 is 10.3 Å².